The van der Waals surface area contributed by atoms with Gasteiger partial charge in [0.1, 0.15) is 11.4 Å². The van der Waals surface area contributed by atoms with Gasteiger partial charge in [-0.25, -0.2) is 0 Å². The number of hydrogen-bond acceptors (Lipinski definition) is 6. The van der Waals surface area contributed by atoms with Crippen LogP contribution in [0.15, 0.2) is 60.8 Å². The average Bonchev–Trinajstić information content (AvgIpc) is 3.33. The molecule has 5 rings (SSSR count). The number of carbonyl (C=O) groups is 1. The first-order valence-electron chi connectivity index (χ1n) is 11.7. The summed E-state index contributed by atoms with van der Waals surface area (Å²) in [6.45, 7) is -1.44. The average molecular weight is 493 g/mol. The van der Waals surface area contributed by atoms with Crippen molar-refractivity contribution in [2.75, 3.05) is 25.0 Å². The zero-order valence-corrected chi connectivity index (χ0v) is 20.0. The van der Waals surface area contributed by atoms with Crippen LogP contribution in [0.1, 0.15) is 23.2 Å². The van der Waals surface area contributed by atoms with Gasteiger partial charge in [-0.15, -0.1) is 10.2 Å². The molecule has 8 nitrogen and oxygen atoms in total. The van der Waals surface area contributed by atoms with E-state index in [1.165, 1.54) is 24.3 Å². The number of halogens is 2. The van der Waals surface area contributed by atoms with Crippen LogP contribution in [-0.2, 0) is 7.05 Å². The van der Waals surface area contributed by atoms with E-state index in [0.29, 0.717) is 5.56 Å². The summed E-state index contributed by atoms with van der Waals surface area (Å²) in [4.78, 5) is 16.9. The lowest BCUT2D eigenvalue weighted by atomic mass is 10.0. The third-order valence-electron chi connectivity index (χ3n) is 6.69. The lowest BCUT2D eigenvalue weighted by Crippen LogP contribution is -2.46. The van der Waals surface area contributed by atoms with Crippen molar-refractivity contribution in [3.8, 4) is 17.1 Å². The number of hydrogen-bond donors (Lipinski definition) is 0. The molecule has 1 aliphatic rings. The van der Waals surface area contributed by atoms with Crippen LogP contribution in [0.2, 0.25) is 0 Å². The van der Waals surface area contributed by atoms with Crippen molar-refractivity contribution in [1.29, 1.82) is 0 Å². The van der Waals surface area contributed by atoms with Gasteiger partial charge in [-0.2, -0.15) is 13.9 Å². The Bertz CT molecular complexity index is 1370. The molecule has 10 heteroatoms. The van der Waals surface area contributed by atoms with E-state index >= 15 is 0 Å². The minimum absolute atomic E-state index is 0.0280. The van der Waals surface area contributed by atoms with Crippen LogP contribution in [0.5, 0.6) is 5.75 Å². The number of amides is 1. The molecule has 0 atom stereocenters. The maximum atomic E-state index is 13.0. The summed E-state index contributed by atoms with van der Waals surface area (Å²) >= 11 is 0. The summed E-state index contributed by atoms with van der Waals surface area (Å²) < 4.78 is 30.9. The summed E-state index contributed by atoms with van der Waals surface area (Å²) in [5, 5.41) is 15.5. The molecule has 1 amide bonds. The molecule has 0 aliphatic carbocycles. The van der Waals surface area contributed by atoms with Crippen LogP contribution in [0, 0.1) is 0 Å². The Balaban J connectivity index is 1.29. The number of ether oxygens (including phenoxy) is 1. The van der Waals surface area contributed by atoms with Crippen LogP contribution in [0.4, 0.5) is 14.6 Å². The summed E-state index contributed by atoms with van der Waals surface area (Å²) in [5.41, 5.74) is 2.13. The third kappa shape index (κ3) is 4.58. The Morgan fingerprint density at radius 1 is 1.03 bits per heavy atom. The predicted molar refractivity (Wildman–Crippen MR) is 132 cm³/mol. The van der Waals surface area contributed by atoms with Gasteiger partial charge in [0, 0.05) is 55.8 Å². The summed E-state index contributed by atoms with van der Waals surface area (Å²) in [6.07, 6.45) is 3.29. The highest BCUT2D eigenvalue weighted by Gasteiger charge is 2.28. The number of rotatable bonds is 6. The fourth-order valence-electron chi connectivity index (χ4n) is 4.73. The van der Waals surface area contributed by atoms with Gasteiger partial charge in [-0.3, -0.25) is 9.48 Å². The van der Waals surface area contributed by atoms with Gasteiger partial charge in [-0.1, -0.05) is 24.3 Å². The largest absolute Gasteiger partial charge is 0.435 e. The molecular formula is C26H26F2N6O2. The minimum atomic E-state index is -2.90. The quantitative estimate of drug-likeness (QED) is 0.398. The molecule has 2 aromatic carbocycles. The molecule has 1 aliphatic heterocycles. The molecule has 0 saturated carbocycles. The SMILES string of the molecule is CN(C(=O)c1ccc(OC(F)F)cc1)C1CCN(c2nnc(-c3ccnn3C)c3ccccc23)CC1. The Kier molecular flexibility index (Phi) is 6.49. The van der Waals surface area contributed by atoms with Crippen LogP contribution in [-0.4, -0.2) is 63.6 Å². The van der Waals surface area contributed by atoms with Crippen LogP contribution in [0.25, 0.3) is 22.2 Å². The molecule has 186 valence electrons. The Labute approximate surface area is 207 Å². The normalized spacial score (nSPS) is 14.4. The third-order valence-corrected chi connectivity index (χ3v) is 6.69. The molecule has 1 saturated heterocycles. The van der Waals surface area contributed by atoms with Crippen molar-refractivity contribution in [3.05, 3.63) is 66.4 Å². The second kappa shape index (κ2) is 9.88. The maximum absolute atomic E-state index is 13.0. The summed E-state index contributed by atoms with van der Waals surface area (Å²) in [5.74, 6) is 0.710. The summed E-state index contributed by atoms with van der Waals surface area (Å²) in [7, 11) is 3.66. The van der Waals surface area contributed by atoms with Crippen molar-refractivity contribution in [3.63, 3.8) is 0 Å². The van der Waals surface area contributed by atoms with Gasteiger partial charge in [0.05, 0.1) is 5.69 Å². The standard InChI is InChI=1S/C26H26F2N6O2/c1-32(25(35)17-7-9-19(10-8-17)36-26(27)28)18-12-15-34(16-13-18)24-21-6-4-3-5-20(21)23(30-31-24)22-11-14-29-33(22)2/h3-11,14,18,26H,12-13,15-16H2,1-2H3. The first kappa shape index (κ1) is 23.7. The number of anilines is 1. The zero-order chi connectivity index (χ0) is 25.2. The van der Waals surface area contributed by atoms with Crippen LogP contribution >= 0.6 is 0 Å². The number of aromatic nitrogens is 4. The van der Waals surface area contributed by atoms with E-state index in [-0.39, 0.29) is 17.7 Å². The number of carbonyl (C=O) groups excluding carboxylic acids is 1. The van der Waals surface area contributed by atoms with Crippen molar-refractivity contribution in [2.24, 2.45) is 7.05 Å². The fraction of sp³-hybridized carbons (Fsp3) is 0.308. The van der Waals surface area contributed by atoms with E-state index in [2.05, 4.69) is 31.0 Å². The van der Waals surface area contributed by atoms with Gasteiger partial charge < -0.3 is 14.5 Å². The number of aryl methyl sites for hydroxylation is 1. The second-order valence-electron chi connectivity index (χ2n) is 8.80. The van der Waals surface area contributed by atoms with E-state index in [1.54, 1.807) is 22.8 Å². The number of nitrogens with zero attached hydrogens (tertiary/aromatic N) is 6. The lowest BCUT2D eigenvalue weighted by molar-refractivity contribution is -0.0498. The second-order valence-corrected chi connectivity index (χ2v) is 8.80. The van der Waals surface area contributed by atoms with Gasteiger partial charge in [0.2, 0.25) is 0 Å². The highest BCUT2D eigenvalue weighted by molar-refractivity contribution is 6.00. The van der Waals surface area contributed by atoms with Crippen LogP contribution in [0.3, 0.4) is 0 Å². The van der Waals surface area contributed by atoms with E-state index in [9.17, 15) is 13.6 Å². The number of alkyl halides is 2. The zero-order valence-electron chi connectivity index (χ0n) is 20.0. The minimum Gasteiger partial charge on any atom is -0.435 e. The monoisotopic (exact) mass is 492 g/mol. The van der Waals surface area contributed by atoms with Crippen molar-refractivity contribution in [2.45, 2.75) is 25.5 Å². The number of piperidine rings is 1. The lowest BCUT2D eigenvalue weighted by Gasteiger charge is -2.37. The van der Waals surface area contributed by atoms with Crippen molar-refractivity contribution < 1.29 is 18.3 Å². The van der Waals surface area contributed by atoms with E-state index in [1.807, 2.05) is 31.3 Å². The smallest absolute Gasteiger partial charge is 0.387 e. The van der Waals surface area contributed by atoms with E-state index in [4.69, 9.17) is 0 Å². The molecule has 4 aromatic rings. The molecule has 0 N–H and O–H groups in total. The highest BCUT2D eigenvalue weighted by atomic mass is 19.3. The molecule has 0 spiro atoms. The first-order chi connectivity index (χ1) is 17.4. The molecule has 1 fully saturated rings. The van der Waals surface area contributed by atoms with Crippen molar-refractivity contribution in [1.82, 2.24) is 24.9 Å². The number of fused-ring (bicyclic) bond motifs is 1. The topological polar surface area (TPSA) is 76.4 Å². The molecule has 0 bridgehead atoms. The van der Waals surface area contributed by atoms with E-state index < -0.39 is 6.61 Å². The Morgan fingerprint density at radius 3 is 2.36 bits per heavy atom. The van der Waals surface area contributed by atoms with Gasteiger partial charge >= 0.3 is 6.61 Å². The van der Waals surface area contributed by atoms with Gasteiger partial charge in [0.25, 0.3) is 5.91 Å². The molecular weight excluding hydrogens is 466 g/mol. The van der Waals surface area contributed by atoms with Gasteiger partial charge in [0.15, 0.2) is 5.82 Å². The predicted octanol–water partition coefficient (Wildman–Crippen LogP) is 4.37. The van der Waals surface area contributed by atoms with Gasteiger partial charge in [-0.05, 0) is 43.2 Å². The molecule has 2 aromatic heterocycles. The van der Waals surface area contributed by atoms with Crippen LogP contribution < -0.4 is 9.64 Å². The summed E-state index contributed by atoms with van der Waals surface area (Å²) in [6, 6.07) is 15.9. The Hall–Kier alpha value is -4.08. The molecule has 0 unspecified atom stereocenters. The maximum Gasteiger partial charge on any atom is 0.387 e. The van der Waals surface area contributed by atoms with Crippen molar-refractivity contribution >= 4 is 22.5 Å². The highest BCUT2D eigenvalue weighted by Crippen LogP contribution is 2.32. The number of benzene rings is 2. The fourth-order valence-corrected chi connectivity index (χ4v) is 4.73. The molecule has 3 heterocycles. The molecule has 36 heavy (non-hydrogen) atoms. The Morgan fingerprint density at radius 2 is 1.72 bits per heavy atom. The molecule has 0 radical (unpaired) electrons. The van der Waals surface area contributed by atoms with E-state index in [0.717, 1.165) is 53.9 Å². The first-order valence-corrected chi connectivity index (χ1v) is 11.7.